The van der Waals surface area contributed by atoms with E-state index < -0.39 is 0 Å². The number of anilines is 3. The Labute approximate surface area is 316 Å². The molecular weight excluding hydrogens is 703 g/mol. The molecule has 0 saturated heterocycles. The lowest BCUT2D eigenvalue weighted by molar-refractivity contribution is 0.669. The minimum absolute atomic E-state index is 0.912. The van der Waals surface area contributed by atoms with Crippen molar-refractivity contribution in [2.45, 2.75) is 0 Å². The van der Waals surface area contributed by atoms with Crippen molar-refractivity contribution in [3.8, 4) is 11.1 Å². The fourth-order valence-electron chi connectivity index (χ4n) is 8.36. The maximum Gasteiger partial charge on any atom is 0.136 e. The molecular formula is C48H27NOS3. The van der Waals surface area contributed by atoms with Gasteiger partial charge < -0.3 is 9.32 Å². The number of hydrogen-bond donors (Lipinski definition) is 0. The molecule has 0 amide bonds. The molecule has 0 N–H and O–H groups in total. The van der Waals surface area contributed by atoms with Crippen molar-refractivity contribution >= 4 is 134 Å². The predicted molar refractivity (Wildman–Crippen MR) is 233 cm³/mol. The Balaban J connectivity index is 1.14. The third-order valence-electron chi connectivity index (χ3n) is 10.7. The average Bonchev–Trinajstić information content (AvgIpc) is 3.98. The van der Waals surface area contributed by atoms with Crippen LogP contribution >= 0.6 is 34.0 Å². The first kappa shape index (κ1) is 29.6. The third-order valence-corrected chi connectivity index (χ3v) is 14.3. The summed E-state index contributed by atoms with van der Waals surface area (Å²) < 4.78 is 14.3. The maximum atomic E-state index is 6.59. The molecule has 0 radical (unpaired) electrons. The molecule has 0 spiro atoms. The van der Waals surface area contributed by atoms with Gasteiger partial charge in [0.05, 0.1) is 20.8 Å². The minimum atomic E-state index is 0.912. The minimum Gasteiger partial charge on any atom is -0.456 e. The normalized spacial score (nSPS) is 12.2. The van der Waals surface area contributed by atoms with Gasteiger partial charge in [-0.15, -0.1) is 34.0 Å². The van der Waals surface area contributed by atoms with Gasteiger partial charge in [-0.3, -0.25) is 0 Å². The smallest absolute Gasteiger partial charge is 0.136 e. The summed E-state index contributed by atoms with van der Waals surface area (Å²) in [7, 11) is 0. The first-order chi connectivity index (χ1) is 26.3. The van der Waals surface area contributed by atoms with Gasteiger partial charge in [-0.1, -0.05) is 103 Å². The standard InChI is InChI=1S/C48H27NOS3/c1-4-22-41-31(13-1)34-17-8-19-37(46(34)51-41)49(38-20-9-18-35-32-14-2-5-23-42(32)52-47(35)38)29-12-7-11-28(27-29)30-16-10-21-39-44(30)45-40(50-39)26-25-36-33-15-3-6-24-43(33)53-48(36)45/h1-27H. The molecule has 0 aliphatic rings. The summed E-state index contributed by atoms with van der Waals surface area (Å²) in [6.45, 7) is 0. The zero-order valence-electron chi connectivity index (χ0n) is 28.2. The van der Waals surface area contributed by atoms with Crippen LogP contribution in [0, 0.1) is 0 Å². The van der Waals surface area contributed by atoms with Crippen molar-refractivity contribution in [3.63, 3.8) is 0 Å². The molecule has 0 unspecified atom stereocenters. The Morgan fingerprint density at radius 1 is 0.377 bits per heavy atom. The second-order valence-electron chi connectivity index (χ2n) is 13.6. The summed E-state index contributed by atoms with van der Waals surface area (Å²) in [6, 6.07) is 59.8. The molecule has 53 heavy (non-hydrogen) atoms. The summed E-state index contributed by atoms with van der Waals surface area (Å²) in [4.78, 5) is 2.50. The van der Waals surface area contributed by atoms with Gasteiger partial charge in [0.1, 0.15) is 11.2 Å². The molecule has 8 aromatic carbocycles. The van der Waals surface area contributed by atoms with Crippen LogP contribution in [0.3, 0.4) is 0 Å². The van der Waals surface area contributed by atoms with Gasteiger partial charge in [-0.2, -0.15) is 0 Å². The summed E-state index contributed by atoms with van der Waals surface area (Å²) in [5.74, 6) is 0. The molecule has 248 valence electrons. The lowest BCUT2D eigenvalue weighted by Crippen LogP contribution is -2.10. The van der Waals surface area contributed by atoms with E-state index in [-0.39, 0.29) is 0 Å². The van der Waals surface area contributed by atoms with E-state index in [4.69, 9.17) is 4.42 Å². The van der Waals surface area contributed by atoms with Gasteiger partial charge in [0.25, 0.3) is 0 Å². The highest BCUT2D eigenvalue weighted by Crippen LogP contribution is 2.50. The molecule has 4 heterocycles. The number of fused-ring (bicyclic) bond motifs is 13. The third kappa shape index (κ3) is 4.30. The summed E-state index contributed by atoms with van der Waals surface area (Å²) in [5.41, 5.74) is 7.66. The Morgan fingerprint density at radius 2 is 0.887 bits per heavy atom. The van der Waals surface area contributed by atoms with Crippen molar-refractivity contribution < 1.29 is 4.42 Å². The maximum absolute atomic E-state index is 6.59. The Morgan fingerprint density at radius 3 is 1.53 bits per heavy atom. The van der Waals surface area contributed by atoms with E-state index >= 15 is 0 Å². The Bertz CT molecular complexity index is 3320. The Hall–Kier alpha value is -5.98. The summed E-state index contributed by atoms with van der Waals surface area (Å²) >= 11 is 5.61. The highest BCUT2D eigenvalue weighted by Gasteiger charge is 2.23. The lowest BCUT2D eigenvalue weighted by Gasteiger charge is -2.27. The van der Waals surface area contributed by atoms with Crippen LogP contribution in [-0.2, 0) is 0 Å². The largest absolute Gasteiger partial charge is 0.456 e. The molecule has 4 aromatic heterocycles. The van der Waals surface area contributed by atoms with E-state index in [0.29, 0.717) is 0 Å². The number of rotatable bonds is 4. The molecule has 0 aliphatic heterocycles. The predicted octanol–water partition coefficient (Wildman–Crippen LogP) is 15.8. The highest BCUT2D eigenvalue weighted by molar-refractivity contribution is 7.27. The molecule has 2 nitrogen and oxygen atoms in total. The van der Waals surface area contributed by atoms with E-state index in [9.17, 15) is 0 Å². The van der Waals surface area contributed by atoms with Gasteiger partial charge in [-0.25, -0.2) is 0 Å². The molecule has 12 aromatic rings. The van der Waals surface area contributed by atoms with Gasteiger partial charge in [0, 0.05) is 67.6 Å². The zero-order chi connectivity index (χ0) is 34.6. The van der Waals surface area contributed by atoms with Crippen LogP contribution in [-0.4, -0.2) is 0 Å². The van der Waals surface area contributed by atoms with Crippen molar-refractivity contribution in [2.75, 3.05) is 4.90 Å². The second kappa shape index (κ2) is 11.3. The van der Waals surface area contributed by atoms with Crippen LogP contribution in [0.2, 0.25) is 0 Å². The van der Waals surface area contributed by atoms with E-state index in [1.165, 1.54) is 88.2 Å². The van der Waals surface area contributed by atoms with Crippen LogP contribution in [0.4, 0.5) is 17.1 Å². The second-order valence-corrected chi connectivity index (χ2v) is 16.7. The van der Waals surface area contributed by atoms with E-state index in [1.54, 1.807) is 0 Å². The first-order valence-corrected chi connectivity index (χ1v) is 20.2. The number of benzene rings is 8. The summed E-state index contributed by atoms with van der Waals surface area (Å²) in [6.07, 6.45) is 0. The average molecular weight is 730 g/mol. The molecule has 0 fully saturated rings. The molecule has 0 atom stereocenters. The van der Waals surface area contributed by atoms with Gasteiger partial charge >= 0.3 is 0 Å². The van der Waals surface area contributed by atoms with Gasteiger partial charge in [0.15, 0.2) is 0 Å². The SMILES string of the molecule is c1cc(-c2cccc3oc4ccc5c6ccccc6sc5c4c23)cc(N(c2cccc3c2sc2ccccc23)c2cccc3c2sc2ccccc23)c1. The van der Waals surface area contributed by atoms with Crippen LogP contribution in [0.15, 0.2) is 168 Å². The quantitative estimate of drug-likeness (QED) is 0.179. The van der Waals surface area contributed by atoms with E-state index in [0.717, 1.165) is 22.4 Å². The fourth-order valence-corrected chi connectivity index (χ4v) is 12.0. The monoisotopic (exact) mass is 729 g/mol. The van der Waals surface area contributed by atoms with E-state index in [2.05, 4.69) is 169 Å². The van der Waals surface area contributed by atoms with Crippen molar-refractivity contribution in [2.24, 2.45) is 0 Å². The zero-order valence-corrected chi connectivity index (χ0v) is 30.6. The van der Waals surface area contributed by atoms with Crippen LogP contribution in [0.5, 0.6) is 0 Å². The van der Waals surface area contributed by atoms with Crippen LogP contribution in [0.1, 0.15) is 0 Å². The number of furan rings is 1. The van der Waals surface area contributed by atoms with Crippen molar-refractivity contribution in [3.05, 3.63) is 164 Å². The lowest BCUT2D eigenvalue weighted by atomic mass is 9.98. The molecule has 0 aliphatic carbocycles. The van der Waals surface area contributed by atoms with Crippen molar-refractivity contribution in [1.29, 1.82) is 0 Å². The molecule has 0 bridgehead atoms. The molecule has 12 rings (SSSR count). The topological polar surface area (TPSA) is 16.4 Å². The van der Waals surface area contributed by atoms with Gasteiger partial charge in [-0.05, 0) is 71.8 Å². The van der Waals surface area contributed by atoms with E-state index in [1.807, 2.05) is 34.0 Å². The number of nitrogens with zero attached hydrogens (tertiary/aromatic N) is 1. The van der Waals surface area contributed by atoms with Crippen LogP contribution in [0.25, 0.3) is 93.6 Å². The summed E-state index contributed by atoms with van der Waals surface area (Å²) in [5, 5.41) is 10.1. The molecule has 0 saturated carbocycles. The number of hydrogen-bond acceptors (Lipinski definition) is 5. The highest BCUT2D eigenvalue weighted by atomic mass is 32.1. The Kier molecular flexibility index (Phi) is 6.28. The first-order valence-electron chi connectivity index (χ1n) is 17.7. The van der Waals surface area contributed by atoms with Gasteiger partial charge in [0.2, 0.25) is 0 Å². The van der Waals surface area contributed by atoms with Crippen molar-refractivity contribution in [1.82, 2.24) is 0 Å². The fraction of sp³-hybridized carbons (Fsp3) is 0. The molecule has 5 heteroatoms. The number of thiophene rings is 3. The van der Waals surface area contributed by atoms with Crippen LogP contribution < -0.4 is 4.90 Å².